The van der Waals surface area contributed by atoms with Gasteiger partial charge in [-0.3, -0.25) is 17.2 Å². The third-order valence-corrected chi connectivity index (χ3v) is 1.67. The molecule has 0 aliphatic carbocycles. The van der Waals surface area contributed by atoms with Crippen molar-refractivity contribution in [3.05, 3.63) is 66.8 Å². The zero-order valence-electron chi connectivity index (χ0n) is 10.8. The topological polar surface area (TPSA) is 40.5 Å². The minimum absolute atomic E-state index is 0. The van der Waals surface area contributed by atoms with Crippen molar-refractivity contribution >= 4 is 12.7 Å². The molecule has 0 bridgehead atoms. The molecule has 18 heavy (non-hydrogen) atoms. The average Bonchev–Trinajstić information content (AvgIpc) is 2.31. The van der Waals surface area contributed by atoms with E-state index >= 15 is 0 Å². The van der Waals surface area contributed by atoms with Crippen LogP contribution >= 0.6 is 0 Å². The molecule has 0 heterocycles. The molecule has 0 aliphatic heterocycles. The Labute approximate surface area is 135 Å². The van der Waals surface area contributed by atoms with Gasteiger partial charge in [-0.05, 0) is 6.82 Å². The standard InChI is InChI=1S/C13H12.CH5BO2.Y/c1-3-5-9-12(4-2)13-10-7-6-8-11-13;1-2(3)4;/h3,5-10H,1H2,2H3;3-4H,1H3;/q-2;;/b9-5-;;. The van der Waals surface area contributed by atoms with Gasteiger partial charge in [-0.15, -0.1) is 25.6 Å². The Bertz CT molecular complexity index is 370. The quantitative estimate of drug-likeness (QED) is 0.511. The van der Waals surface area contributed by atoms with Crippen LogP contribution in [0.25, 0.3) is 5.57 Å². The molecule has 2 nitrogen and oxygen atoms in total. The molecule has 0 unspecified atom stereocenters. The zero-order valence-corrected chi connectivity index (χ0v) is 13.6. The smallest absolute Gasteiger partial charge is 0.427 e. The third-order valence-electron chi connectivity index (χ3n) is 1.67. The first-order chi connectivity index (χ1) is 8.11. The Kier molecular flexibility index (Phi) is 14.3. The molecule has 0 saturated carbocycles. The maximum absolute atomic E-state index is 7.61. The molecule has 2 N–H and O–H groups in total. The molecule has 93 valence electrons. The fourth-order valence-corrected chi connectivity index (χ4v) is 1.03. The van der Waals surface area contributed by atoms with Crippen LogP contribution in [0.5, 0.6) is 0 Å². The van der Waals surface area contributed by atoms with Gasteiger partial charge in [0.1, 0.15) is 0 Å². The molecule has 1 rings (SSSR count). The molecular weight excluding hydrogens is 300 g/mol. The van der Waals surface area contributed by atoms with Gasteiger partial charge in [-0.25, -0.2) is 18.2 Å². The third kappa shape index (κ3) is 10.7. The molecule has 4 heteroatoms. The summed E-state index contributed by atoms with van der Waals surface area (Å²) in [6.07, 6.45) is 8.72. The minimum atomic E-state index is -1.17. The van der Waals surface area contributed by atoms with Gasteiger partial charge in [0.05, 0.1) is 0 Å². The first-order valence-electron chi connectivity index (χ1n) is 5.28. The van der Waals surface area contributed by atoms with Crippen LogP contribution < -0.4 is 0 Å². The van der Waals surface area contributed by atoms with Gasteiger partial charge in [0.15, 0.2) is 0 Å². The minimum Gasteiger partial charge on any atom is -0.427 e. The molecule has 0 spiro atoms. The molecule has 0 amide bonds. The van der Waals surface area contributed by atoms with Crippen molar-refractivity contribution in [1.82, 2.24) is 0 Å². The van der Waals surface area contributed by atoms with E-state index in [0.29, 0.717) is 0 Å². The molecule has 1 aromatic carbocycles. The maximum atomic E-state index is 7.61. The zero-order chi connectivity index (χ0) is 13.1. The van der Waals surface area contributed by atoms with Crippen molar-refractivity contribution in [3.63, 3.8) is 0 Å². The molecule has 1 radical (unpaired) electrons. The summed E-state index contributed by atoms with van der Waals surface area (Å²) in [7, 11) is -1.17. The number of rotatable bonds is 3. The van der Waals surface area contributed by atoms with E-state index in [1.165, 1.54) is 6.82 Å². The van der Waals surface area contributed by atoms with Crippen molar-refractivity contribution in [2.24, 2.45) is 0 Å². The summed E-state index contributed by atoms with van der Waals surface area (Å²) in [4.78, 5) is 0. The Hall–Kier alpha value is -0.471. The molecule has 0 saturated heterocycles. The number of hydrogen-bond donors (Lipinski definition) is 2. The number of allylic oxidation sites excluding steroid dienone is 5. The van der Waals surface area contributed by atoms with Crippen LogP contribution in [0.15, 0.2) is 49.1 Å². The molecule has 0 aromatic heterocycles. The first kappa shape index (κ1) is 19.9. The predicted molar refractivity (Wildman–Crippen MR) is 73.0 cm³/mol. The van der Waals surface area contributed by atoms with Crippen molar-refractivity contribution in [2.75, 3.05) is 0 Å². The van der Waals surface area contributed by atoms with E-state index in [0.717, 1.165) is 11.1 Å². The van der Waals surface area contributed by atoms with Gasteiger partial charge >= 0.3 is 7.12 Å². The molecule has 0 fully saturated rings. The van der Waals surface area contributed by atoms with Crippen LogP contribution in [0.3, 0.4) is 0 Å². The summed E-state index contributed by atoms with van der Waals surface area (Å²) in [5, 5.41) is 15.2. The Morgan fingerprint density at radius 2 is 2.06 bits per heavy atom. The van der Waals surface area contributed by atoms with E-state index < -0.39 is 7.12 Å². The monoisotopic (exact) mass is 317 g/mol. The van der Waals surface area contributed by atoms with E-state index in [1.807, 2.05) is 43.3 Å². The second-order valence-electron chi connectivity index (χ2n) is 3.17. The predicted octanol–water partition coefficient (Wildman–Crippen LogP) is 2.52. The van der Waals surface area contributed by atoms with Crippen LogP contribution in [-0.4, -0.2) is 17.2 Å². The summed E-state index contributed by atoms with van der Waals surface area (Å²) in [6, 6.07) is 11.0. The summed E-state index contributed by atoms with van der Waals surface area (Å²) in [6.45, 7) is 6.79. The second kappa shape index (κ2) is 13.0. The van der Waals surface area contributed by atoms with Gasteiger partial charge in [0, 0.05) is 32.7 Å². The van der Waals surface area contributed by atoms with Crippen molar-refractivity contribution in [3.8, 4) is 0 Å². The van der Waals surface area contributed by atoms with Crippen LogP contribution in [0.2, 0.25) is 6.82 Å². The number of hydrogen-bond acceptors (Lipinski definition) is 2. The van der Waals surface area contributed by atoms with E-state index in [1.54, 1.807) is 6.08 Å². The summed E-state index contributed by atoms with van der Waals surface area (Å²) >= 11 is 0. The Balaban J connectivity index is 0. The van der Waals surface area contributed by atoms with Gasteiger partial charge in [0.25, 0.3) is 0 Å². The maximum Gasteiger partial charge on any atom is 0.448 e. The van der Waals surface area contributed by atoms with Crippen molar-refractivity contribution in [2.45, 2.75) is 13.7 Å². The average molecular weight is 317 g/mol. The van der Waals surface area contributed by atoms with E-state index in [2.05, 4.69) is 18.7 Å². The largest absolute Gasteiger partial charge is 0.448 e. The SMILES string of the molecule is C=C/C=C\C(=[C-]C)c1[c-]cccc1.CB(O)O.[Y]. The second-order valence-corrected chi connectivity index (χ2v) is 3.17. The van der Waals surface area contributed by atoms with Gasteiger partial charge in [-0.1, -0.05) is 6.08 Å². The molecule has 1 aromatic rings. The van der Waals surface area contributed by atoms with Crippen LogP contribution in [0.4, 0.5) is 0 Å². The van der Waals surface area contributed by atoms with Gasteiger partial charge in [0.2, 0.25) is 0 Å². The summed E-state index contributed by atoms with van der Waals surface area (Å²) < 4.78 is 0. The fourth-order valence-electron chi connectivity index (χ4n) is 1.03. The van der Waals surface area contributed by atoms with Gasteiger partial charge in [-0.2, -0.15) is 12.1 Å². The first-order valence-corrected chi connectivity index (χ1v) is 5.28. The van der Waals surface area contributed by atoms with E-state index in [-0.39, 0.29) is 32.7 Å². The molecule has 0 atom stereocenters. The van der Waals surface area contributed by atoms with E-state index in [4.69, 9.17) is 10.0 Å². The summed E-state index contributed by atoms with van der Waals surface area (Å²) in [5.41, 5.74) is 2.10. The van der Waals surface area contributed by atoms with Crippen LogP contribution in [0.1, 0.15) is 12.5 Å². The Morgan fingerprint density at radius 1 is 1.44 bits per heavy atom. The van der Waals surface area contributed by atoms with Gasteiger partial charge < -0.3 is 10.0 Å². The van der Waals surface area contributed by atoms with Crippen molar-refractivity contribution < 1.29 is 42.8 Å². The fraction of sp³-hybridized carbons (Fsp3) is 0.143. The van der Waals surface area contributed by atoms with Crippen LogP contribution in [-0.2, 0) is 32.7 Å². The van der Waals surface area contributed by atoms with Crippen LogP contribution in [0, 0.1) is 12.1 Å². The van der Waals surface area contributed by atoms with Crippen molar-refractivity contribution in [1.29, 1.82) is 0 Å². The summed E-state index contributed by atoms with van der Waals surface area (Å²) in [5.74, 6) is 0. The van der Waals surface area contributed by atoms with E-state index in [9.17, 15) is 0 Å². The normalized spacial score (nSPS) is 10.1. The molecular formula is C14H17BO2Y-2. The molecule has 0 aliphatic rings. The number of benzene rings is 1. The Morgan fingerprint density at radius 3 is 2.44 bits per heavy atom.